The van der Waals surface area contributed by atoms with E-state index in [9.17, 15) is 0 Å². The summed E-state index contributed by atoms with van der Waals surface area (Å²) in [5.41, 5.74) is 4.21. The first-order valence-electron chi connectivity index (χ1n) is 9.26. The summed E-state index contributed by atoms with van der Waals surface area (Å²) in [5, 5.41) is 1.94. The zero-order valence-corrected chi connectivity index (χ0v) is 16.8. The molecule has 138 valence electrons. The fraction of sp³-hybridized carbons (Fsp3) is 0. The van der Waals surface area contributed by atoms with Gasteiger partial charge in [0.05, 0.1) is 20.4 Å². The van der Waals surface area contributed by atoms with E-state index in [-0.39, 0.29) is 0 Å². The maximum absolute atomic E-state index is 6.11. The number of hydrogen-bond acceptors (Lipinski definition) is 5. The van der Waals surface area contributed by atoms with Crippen LogP contribution in [0.4, 0.5) is 0 Å². The Kier molecular flexibility index (Phi) is 3.82. The largest absolute Gasteiger partial charge is 0.454 e. The molecule has 0 saturated heterocycles. The van der Waals surface area contributed by atoms with Crippen LogP contribution in [0.2, 0.25) is 0 Å². The molecular weight excluding hydrogens is 396 g/mol. The highest BCUT2D eigenvalue weighted by atomic mass is 32.1. The highest BCUT2D eigenvalue weighted by molar-refractivity contribution is 7.22. The average Bonchev–Trinajstić information content (AvgIpc) is 3.51. The summed E-state index contributed by atoms with van der Waals surface area (Å²) < 4.78 is 8.49. The SMILES string of the molecule is c1ccc2sc(-c3ccc(-c4ccc(-c5nc6ccccc6s5)o4)cc3)nc2c1. The van der Waals surface area contributed by atoms with Gasteiger partial charge in [-0.05, 0) is 36.4 Å². The number of thiazole rings is 2. The van der Waals surface area contributed by atoms with Crippen molar-refractivity contribution in [2.45, 2.75) is 0 Å². The van der Waals surface area contributed by atoms with Crippen LogP contribution < -0.4 is 0 Å². The van der Waals surface area contributed by atoms with Crippen LogP contribution in [0.25, 0.3) is 53.1 Å². The normalized spacial score (nSPS) is 11.4. The molecule has 3 aromatic heterocycles. The lowest BCUT2D eigenvalue weighted by atomic mass is 10.1. The first-order chi connectivity index (χ1) is 14.3. The Labute approximate surface area is 174 Å². The van der Waals surface area contributed by atoms with Crippen LogP contribution >= 0.6 is 22.7 Å². The first kappa shape index (κ1) is 16.7. The molecule has 0 aliphatic carbocycles. The fourth-order valence-electron chi connectivity index (χ4n) is 3.36. The molecule has 0 aliphatic rings. The minimum absolute atomic E-state index is 0.802. The quantitative estimate of drug-likeness (QED) is 0.303. The number of nitrogens with zero attached hydrogens (tertiary/aromatic N) is 2. The summed E-state index contributed by atoms with van der Waals surface area (Å²) in [7, 11) is 0. The van der Waals surface area contributed by atoms with Crippen LogP contribution in [-0.2, 0) is 0 Å². The molecule has 3 heterocycles. The van der Waals surface area contributed by atoms with Crippen molar-refractivity contribution < 1.29 is 4.42 Å². The Bertz CT molecular complexity index is 1390. The van der Waals surface area contributed by atoms with Gasteiger partial charge in [-0.1, -0.05) is 48.5 Å². The van der Waals surface area contributed by atoms with Crippen LogP contribution in [0.15, 0.2) is 89.3 Å². The van der Waals surface area contributed by atoms with Crippen molar-refractivity contribution in [1.29, 1.82) is 0 Å². The van der Waals surface area contributed by atoms with Crippen molar-refractivity contribution >= 4 is 43.1 Å². The van der Waals surface area contributed by atoms with Crippen LogP contribution in [0, 0.1) is 0 Å². The van der Waals surface area contributed by atoms with Gasteiger partial charge < -0.3 is 4.42 Å². The number of benzene rings is 3. The van der Waals surface area contributed by atoms with Gasteiger partial charge in [0.2, 0.25) is 0 Å². The zero-order chi connectivity index (χ0) is 19.2. The lowest BCUT2D eigenvalue weighted by Gasteiger charge is -1.99. The summed E-state index contributed by atoms with van der Waals surface area (Å²) >= 11 is 3.36. The maximum atomic E-state index is 6.11. The average molecular weight is 411 g/mol. The van der Waals surface area contributed by atoms with Gasteiger partial charge in [0, 0.05) is 11.1 Å². The molecule has 0 bridgehead atoms. The van der Waals surface area contributed by atoms with Crippen molar-refractivity contribution in [2.75, 3.05) is 0 Å². The molecule has 29 heavy (non-hydrogen) atoms. The van der Waals surface area contributed by atoms with E-state index >= 15 is 0 Å². The Hall–Kier alpha value is -3.28. The van der Waals surface area contributed by atoms with Gasteiger partial charge in [0.25, 0.3) is 0 Å². The second-order valence-electron chi connectivity index (χ2n) is 6.71. The molecule has 3 aromatic carbocycles. The van der Waals surface area contributed by atoms with Crippen molar-refractivity contribution in [3.63, 3.8) is 0 Å². The highest BCUT2D eigenvalue weighted by Gasteiger charge is 2.12. The number of fused-ring (bicyclic) bond motifs is 2. The zero-order valence-electron chi connectivity index (χ0n) is 15.2. The highest BCUT2D eigenvalue weighted by Crippen LogP contribution is 2.35. The summed E-state index contributed by atoms with van der Waals surface area (Å²) in [6.45, 7) is 0. The summed E-state index contributed by atoms with van der Waals surface area (Å²) in [6, 6.07) is 28.8. The molecule has 0 amide bonds. The number of para-hydroxylation sites is 2. The lowest BCUT2D eigenvalue weighted by molar-refractivity contribution is 0.597. The number of rotatable bonds is 3. The molecule has 6 rings (SSSR count). The summed E-state index contributed by atoms with van der Waals surface area (Å²) in [5.74, 6) is 1.64. The molecule has 6 aromatic rings. The maximum Gasteiger partial charge on any atom is 0.163 e. The molecule has 0 atom stereocenters. The molecule has 0 aliphatic heterocycles. The minimum Gasteiger partial charge on any atom is -0.454 e. The number of furan rings is 1. The second-order valence-corrected chi connectivity index (χ2v) is 8.78. The molecular formula is C24H14N2OS2. The van der Waals surface area contributed by atoms with Gasteiger partial charge in [-0.25, -0.2) is 9.97 Å². The van der Waals surface area contributed by atoms with Gasteiger partial charge in [-0.3, -0.25) is 0 Å². The number of hydrogen-bond donors (Lipinski definition) is 0. The van der Waals surface area contributed by atoms with Crippen LogP contribution in [-0.4, -0.2) is 9.97 Å². The Morgan fingerprint density at radius 1 is 0.517 bits per heavy atom. The van der Waals surface area contributed by atoms with E-state index in [1.165, 1.54) is 9.40 Å². The van der Waals surface area contributed by atoms with E-state index in [1.807, 2.05) is 42.5 Å². The van der Waals surface area contributed by atoms with Gasteiger partial charge in [0.15, 0.2) is 10.8 Å². The predicted octanol–water partition coefficient (Wildman–Crippen LogP) is 7.50. The van der Waals surface area contributed by atoms with Gasteiger partial charge >= 0.3 is 0 Å². The molecule has 0 fully saturated rings. The van der Waals surface area contributed by atoms with E-state index in [1.54, 1.807) is 22.7 Å². The van der Waals surface area contributed by atoms with Crippen molar-refractivity contribution in [3.8, 4) is 32.7 Å². The molecule has 0 N–H and O–H groups in total. The van der Waals surface area contributed by atoms with Crippen molar-refractivity contribution in [2.24, 2.45) is 0 Å². The standard InChI is InChI=1S/C24H14N2OS2/c1-3-7-21-17(5-1)25-23(28-21)16-11-9-15(10-12-16)19-13-14-20(27-19)24-26-18-6-2-4-8-22(18)29-24/h1-14H. The monoisotopic (exact) mass is 410 g/mol. The predicted molar refractivity (Wildman–Crippen MR) is 121 cm³/mol. The van der Waals surface area contributed by atoms with Crippen LogP contribution in [0.5, 0.6) is 0 Å². The minimum atomic E-state index is 0.802. The van der Waals surface area contributed by atoms with E-state index in [0.29, 0.717) is 0 Å². The second kappa shape index (κ2) is 6.65. The smallest absolute Gasteiger partial charge is 0.163 e. The van der Waals surface area contributed by atoms with Crippen LogP contribution in [0.1, 0.15) is 0 Å². The summed E-state index contributed by atoms with van der Waals surface area (Å²) in [4.78, 5) is 9.42. The topological polar surface area (TPSA) is 38.9 Å². The van der Waals surface area contributed by atoms with Gasteiger partial charge in [0.1, 0.15) is 10.8 Å². The Morgan fingerprint density at radius 3 is 1.76 bits per heavy atom. The Balaban J connectivity index is 1.31. The molecule has 0 unspecified atom stereocenters. The third kappa shape index (κ3) is 2.95. The first-order valence-corrected chi connectivity index (χ1v) is 10.9. The third-order valence-corrected chi connectivity index (χ3v) is 6.96. The summed E-state index contributed by atoms with van der Waals surface area (Å²) in [6.07, 6.45) is 0. The van der Waals surface area contributed by atoms with E-state index in [0.717, 1.165) is 43.7 Å². The van der Waals surface area contributed by atoms with Crippen molar-refractivity contribution in [3.05, 3.63) is 84.9 Å². The van der Waals surface area contributed by atoms with E-state index < -0.39 is 0 Å². The molecule has 5 heteroatoms. The van der Waals surface area contributed by atoms with Gasteiger partial charge in [-0.2, -0.15) is 0 Å². The van der Waals surface area contributed by atoms with Crippen LogP contribution in [0.3, 0.4) is 0 Å². The lowest BCUT2D eigenvalue weighted by Crippen LogP contribution is -1.78. The van der Waals surface area contributed by atoms with E-state index in [2.05, 4.69) is 47.4 Å². The number of aromatic nitrogens is 2. The third-order valence-electron chi connectivity index (χ3n) is 4.82. The fourth-order valence-corrected chi connectivity index (χ4v) is 5.26. The molecule has 3 nitrogen and oxygen atoms in total. The Morgan fingerprint density at radius 2 is 1.07 bits per heavy atom. The van der Waals surface area contributed by atoms with E-state index in [4.69, 9.17) is 9.40 Å². The van der Waals surface area contributed by atoms with Crippen molar-refractivity contribution in [1.82, 2.24) is 9.97 Å². The molecule has 0 saturated carbocycles. The van der Waals surface area contributed by atoms with Gasteiger partial charge in [-0.15, -0.1) is 22.7 Å². The molecule has 0 spiro atoms. The molecule has 0 radical (unpaired) electrons.